The van der Waals surface area contributed by atoms with Crippen molar-refractivity contribution in [1.82, 2.24) is 20.8 Å². The molecule has 0 fully saturated rings. The monoisotopic (exact) mass is 380 g/mol. The lowest BCUT2D eigenvalue weighted by Crippen LogP contribution is -2.35. The van der Waals surface area contributed by atoms with Gasteiger partial charge in [0, 0.05) is 24.9 Å². The Labute approximate surface area is 163 Å². The maximum atomic E-state index is 12.3. The third-order valence-corrected chi connectivity index (χ3v) is 4.31. The van der Waals surface area contributed by atoms with Crippen LogP contribution in [0.15, 0.2) is 48.5 Å². The predicted molar refractivity (Wildman–Crippen MR) is 107 cm³/mol. The molecule has 0 radical (unpaired) electrons. The lowest BCUT2D eigenvalue weighted by molar-refractivity contribution is -0.121. The van der Waals surface area contributed by atoms with Crippen LogP contribution in [-0.2, 0) is 11.2 Å². The van der Waals surface area contributed by atoms with Gasteiger partial charge in [0.15, 0.2) is 5.69 Å². The standard InChI is InChI=1S/C21H24N4O3/c1-2-28-18-10-6-3-7-15(18)11-12-19(26)22-13-14-23-21(27)20-16-8-4-5-9-17(16)24-25-20/h3-10H,2,11-14H2,1H3,(H,22,26)(H,23,27)(H,24,25). The van der Waals surface area contributed by atoms with Gasteiger partial charge in [-0.25, -0.2) is 0 Å². The molecule has 0 bridgehead atoms. The van der Waals surface area contributed by atoms with E-state index in [4.69, 9.17) is 4.74 Å². The van der Waals surface area contributed by atoms with E-state index in [1.165, 1.54) is 0 Å². The van der Waals surface area contributed by atoms with Crippen molar-refractivity contribution in [3.63, 3.8) is 0 Å². The molecule has 0 spiro atoms. The molecular formula is C21H24N4O3. The topological polar surface area (TPSA) is 96.1 Å². The second-order valence-corrected chi connectivity index (χ2v) is 6.26. The van der Waals surface area contributed by atoms with Crippen molar-refractivity contribution in [2.24, 2.45) is 0 Å². The Kier molecular flexibility index (Phi) is 6.62. The van der Waals surface area contributed by atoms with Crippen molar-refractivity contribution < 1.29 is 14.3 Å². The molecule has 146 valence electrons. The minimum absolute atomic E-state index is 0.0641. The summed E-state index contributed by atoms with van der Waals surface area (Å²) < 4.78 is 5.57. The summed E-state index contributed by atoms with van der Waals surface area (Å²) in [7, 11) is 0. The van der Waals surface area contributed by atoms with Crippen LogP contribution in [0.25, 0.3) is 10.9 Å². The molecule has 0 aliphatic carbocycles. The van der Waals surface area contributed by atoms with Gasteiger partial charge in [0.1, 0.15) is 5.75 Å². The molecule has 0 aliphatic heterocycles. The molecule has 3 aromatic rings. The number of benzene rings is 2. The fourth-order valence-corrected chi connectivity index (χ4v) is 2.94. The molecule has 7 heteroatoms. The van der Waals surface area contributed by atoms with Gasteiger partial charge in [-0.05, 0) is 31.0 Å². The first-order valence-electron chi connectivity index (χ1n) is 9.37. The highest BCUT2D eigenvalue weighted by molar-refractivity contribution is 6.04. The number of aromatic nitrogens is 2. The second kappa shape index (κ2) is 9.55. The third-order valence-electron chi connectivity index (χ3n) is 4.31. The van der Waals surface area contributed by atoms with Gasteiger partial charge in [-0.3, -0.25) is 14.7 Å². The van der Waals surface area contributed by atoms with E-state index < -0.39 is 0 Å². The number of ether oxygens (including phenoxy) is 1. The van der Waals surface area contributed by atoms with Crippen LogP contribution >= 0.6 is 0 Å². The molecule has 0 saturated carbocycles. The van der Waals surface area contributed by atoms with Crippen LogP contribution in [0.4, 0.5) is 0 Å². The van der Waals surface area contributed by atoms with Crippen LogP contribution in [0, 0.1) is 0 Å². The zero-order valence-corrected chi connectivity index (χ0v) is 15.8. The Morgan fingerprint density at radius 1 is 1.04 bits per heavy atom. The second-order valence-electron chi connectivity index (χ2n) is 6.26. The summed E-state index contributed by atoms with van der Waals surface area (Å²) in [5.74, 6) is 0.486. The SMILES string of the molecule is CCOc1ccccc1CCC(=O)NCCNC(=O)c1n[nH]c2ccccc12. The summed E-state index contributed by atoms with van der Waals surface area (Å²) in [6, 6.07) is 15.2. The molecule has 0 unspecified atom stereocenters. The summed E-state index contributed by atoms with van der Waals surface area (Å²) in [4.78, 5) is 24.3. The van der Waals surface area contributed by atoms with Crippen molar-refractivity contribution in [3.05, 3.63) is 59.8 Å². The highest BCUT2D eigenvalue weighted by Gasteiger charge is 2.13. The average Bonchev–Trinajstić information content (AvgIpc) is 3.15. The van der Waals surface area contributed by atoms with Gasteiger partial charge in [-0.15, -0.1) is 0 Å². The van der Waals surface area contributed by atoms with E-state index in [1.54, 1.807) is 0 Å². The first-order valence-corrected chi connectivity index (χ1v) is 9.37. The van der Waals surface area contributed by atoms with E-state index in [0.29, 0.717) is 38.2 Å². The third kappa shape index (κ3) is 4.88. The van der Waals surface area contributed by atoms with Gasteiger partial charge in [-0.2, -0.15) is 5.10 Å². The molecule has 3 N–H and O–H groups in total. The zero-order chi connectivity index (χ0) is 19.8. The number of nitrogens with one attached hydrogen (secondary N) is 3. The molecule has 1 aromatic heterocycles. The lowest BCUT2D eigenvalue weighted by Gasteiger charge is -2.10. The first-order chi connectivity index (χ1) is 13.7. The Bertz CT molecular complexity index is 951. The van der Waals surface area contributed by atoms with Gasteiger partial charge in [-0.1, -0.05) is 36.4 Å². The van der Waals surface area contributed by atoms with E-state index in [0.717, 1.165) is 22.2 Å². The van der Waals surface area contributed by atoms with Crippen molar-refractivity contribution >= 4 is 22.7 Å². The number of rotatable bonds is 9. The Morgan fingerprint density at radius 2 is 1.79 bits per heavy atom. The summed E-state index contributed by atoms with van der Waals surface area (Å²) in [5, 5.41) is 13.3. The number of para-hydroxylation sites is 2. The number of fused-ring (bicyclic) bond motifs is 1. The minimum Gasteiger partial charge on any atom is -0.494 e. The van der Waals surface area contributed by atoms with Crippen LogP contribution in [0.2, 0.25) is 0 Å². The molecule has 28 heavy (non-hydrogen) atoms. The van der Waals surface area contributed by atoms with Crippen LogP contribution < -0.4 is 15.4 Å². The summed E-state index contributed by atoms with van der Waals surface area (Å²) in [6.45, 7) is 3.22. The molecular weight excluding hydrogens is 356 g/mol. The zero-order valence-electron chi connectivity index (χ0n) is 15.8. The number of aromatic amines is 1. The molecule has 0 aliphatic rings. The van der Waals surface area contributed by atoms with Gasteiger partial charge in [0.25, 0.3) is 5.91 Å². The molecule has 1 heterocycles. The van der Waals surface area contributed by atoms with E-state index >= 15 is 0 Å². The molecule has 7 nitrogen and oxygen atoms in total. The normalized spacial score (nSPS) is 10.6. The lowest BCUT2D eigenvalue weighted by atomic mass is 10.1. The fourth-order valence-electron chi connectivity index (χ4n) is 2.94. The van der Waals surface area contributed by atoms with Crippen molar-refractivity contribution in [2.45, 2.75) is 19.8 Å². The number of hydrogen-bond acceptors (Lipinski definition) is 4. The van der Waals surface area contributed by atoms with E-state index in [1.807, 2.05) is 55.5 Å². The van der Waals surface area contributed by atoms with Gasteiger partial charge >= 0.3 is 0 Å². The quantitative estimate of drug-likeness (QED) is 0.497. The number of amides is 2. The summed E-state index contributed by atoms with van der Waals surface area (Å²) >= 11 is 0. The molecule has 3 rings (SSSR count). The van der Waals surface area contributed by atoms with Gasteiger partial charge in [0.05, 0.1) is 12.1 Å². The fraction of sp³-hybridized carbons (Fsp3) is 0.286. The minimum atomic E-state index is -0.266. The summed E-state index contributed by atoms with van der Waals surface area (Å²) in [5.41, 5.74) is 2.18. The van der Waals surface area contributed by atoms with Crippen LogP contribution in [-0.4, -0.2) is 41.7 Å². The van der Waals surface area contributed by atoms with Crippen molar-refractivity contribution in [2.75, 3.05) is 19.7 Å². The van der Waals surface area contributed by atoms with E-state index in [2.05, 4.69) is 20.8 Å². The number of H-pyrrole nitrogens is 1. The number of hydrogen-bond donors (Lipinski definition) is 3. The van der Waals surface area contributed by atoms with Crippen molar-refractivity contribution in [3.8, 4) is 5.75 Å². The van der Waals surface area contributed by atoms with Crippen LogP contribution in [0.1, 0.15) is 29.4 Å². The maximum Gasteiger partial charge on any atom is 0.272 e. The number of carbonyl (C=O) groups excluding carboxylic acids is 2. The first kappa shape index (κ1) is 19.4. The highest BCUT2D eigenvalue weighted by atomic mass is 16.5. The Balaban J connectivity index is 1.40. The van der Waals surface area contributed by atoms with E-state index in [-0.39, 0.29) is 11.8 Å². The molecule has 2 amide bonds. The van der Waals surface area contributed by atoms with Gasteiger partial charge < -0.3 is 15.4 Å². The van der Waals surface area contributed by atoms with Crippen molar-refractivity contribution in [1.29, 1.82) is 0 Å². The smallest absolute Gasteiger partial charge is 0.272 e. The summed E-state index contributed by atoms with van der Waals surface area (Å²) in [6.07, 6.45) is 0.968. The predicted octanol–water partition coefficient (Wildman–Crippen LogP) is 2.44. The van der Waals surface area contributed by atoms with Crippen LogP contribution in [0.5, 0.6) is 5.75 Å². The Hall–Kier alpha value is -3.35. The van der Waals surface area contributed by atoms with E-state index in [9.17, 15) is 9.59 Å². The highest BCUT2D eigenvalue weighted by Crippen LogP contribution is 2.19. The average molecular weight is 380 g/mol. The molecule has 2 aromatic carbocycles. The number of nitrogens with zero attached hydrogens (tertiary/aromatic N) is 1. The number of aryl methyl sites for hydroxylation is 1. The maximum absolute atomic E-state index is 12.3. The van der Waals surface area contributed by atoms with Crippen LogP contribution in [0.3, 0.4) is 0 Å². The largest absolute Gasteiger partial charge is 0.494 e. The molecule has 0 atom stereocenters. The van der Waals surface area contributed by atoms with Gasteiger partial charge in [0.2, 0.25) is 5.91 Å². The Morgan fingerprint density at radius 3 is 2.64 bits per heavy atom. The molecule has 0 saturated heterocycles. The number of carbonyl (C=O) groups is 2.